The van der Waals surface area contributed by atoms with Gasteiger partial charge in [-0.15, -0.1) is 11.3 Å². The van der Waals surface area contributed by atoms with Crippen molar-refractivity contribution in [2.24, 2.45) is 5.73 Å². The summed E-state index contributed by atoms with van der Waals surface area (Å²) in [4.78, 5) is 13.1. The zero-order valence-corrected chi connectivity index (χ0v) is 18.6. The average molecular weight is 518 g/mol. The Morgan fingerprint density at radius 2 is 1.50 bits per heavy atom. The Morgan fingerprint density at radius 3 is 2.08 bits per heavy atom. The largest absolute Gasteiger partial charge is 0.416 e. The van der Waals surface area contributed by atoms with Gasteiger partial charge in [-0.05, 0) is 35.4 Å². The van der Waals surface area contributed by atoms with Crippen LogP contribution in [0.2, 0.25) is 0 Å². The lowest BCUT2D eigenvalue weighted by Gasteiger charge is -2.23. The van der Waals surface area contributed by atoms with E-state index in [1.807, 2.05) is 6.07 Å². The highest BCUT2D eigenvalue weighted by molar-refractivity contribution is 7.07. The zero-order chi connectivity index (χ0) is 26.4. The summed E-state index contributed by atoms with van der Waals surface area (Å²) in [6.45, 7) is 0. The van der Waals surface area contributed by atoms with E-state index in [0.717, 1.165) is 46.2 Å². The van der Waals surface area contributed by atoms with Crippen LogP contribution in [0.5, 0.6) is 0 Å². The summed E-state index contributed by atoms with van der Waals surface area (Å²) in [5.41, 5.74) is 2.89. The maximum Gasteiger partial charge on any atom is 0.416 e. The number of fused-ring (bicyclic) bond motifs is 1. The van der Waals surface area contributed by atoms with Crippen molar-refractivity contribution in [2.75, 3.05) is 0 Å². The molecule has 3 aromatic rings. The number of benzene rings is 2. The van der Waals surface area contributed by atoms with Gasteiger partial charge < -0.3 is 5.73 Å². The van der Waals surface area contributed by atoms with Crippen LogP contribution < -0.4 is 20.5 Å². The topological polar surface area (TPSA) is 95.6 Å². The molecule has 4 rings (SSSR count). The van der Waals surface area contributed by atoms with E-state index in [1.165, 1.54) is 24.3 Å². The Morgan fingerprint density at radius 1 is 0.917 bits per heavy atom. The highest BCUT2D eigenvalue weighted by Gasteiger charge is 2.35. The first-order valence-corrected chi connectivity index (χ1v) is 10.8. The molecular formula is C24H12F6N4OS. The van der Waals surface area contributed by atoms with Crippen LogP contribution in [0.4, 0.5) is 26.3 Å². The second kappa shape index (κ2) is 8.73. The fourth-order valence-corrected chi connectivity index (χ4v) is 4.96. The molecule has 0 radical (unpaired) electrons. The van der Waals surface area contributed by atoms with Crippen LogP contribution >= 0.6 is 11.3 Å². The van der Waals surface area contributed by atoms with Crippen molar-refractivity contribution in [1.29, 1.82) is 10.5 Å². The van der Waals surface area contributed by atoms with Crippen molar-refractivity contribution in [3.8, 4) is 12.1 Å². The van der Waals surface area contributed by atoms with Crippen LogP contribution in [-0.2, 0) is 12.4 Å². The molecule has 0 saturated heterocycles. The zero-order valence-electron chi connectivity index (χ0n) is 17.8. The normalized spacial score (nSPS) is 16.5. The lowest BCUT2D eigenvalue weighted by molar-refractivity contribution is -0.138. The third kappa shape index (κ3) is 4.27. The molecule has 1 atom stereocenters. The maximum absolute atomic E-state index is 13.3. The molecule has 2 aromatic carbocycles. The van der Waals surface area contributed by atoms with Gasteiger partial charge in [-0.3, -0.25) is 9.36 Å². The molecule has 36 heavy (non-hydrogen) atoms. The lowest BCUT2D eigenvalue weighted by Crippen LogP contribution is -2.38. The molecule has 182 valence electrons. The van der Waals surface area contributed by atoms with Crippen LogP contribution in [-0.4, -0.2) is 4.57 Å². The molecule has 0 spiro atoms. The van der Waals surface area contributed by atoms with Crippen molar-refractivity contribution in [1.82, 2.24) is 4.57 Å². The lowest BCUT2D eigenvalue weighted by atomic mass is 9.84. The van der Waals surface area contributed by atoms with Crippen LogP contribution in [0, 0.1) is 22.7 Å². The van der Waals surface area contributed by atoms with E-state index in [2.05, 4.69) is 0 Å². The smallest absolute Gasteiger partial charge is 0.384 e. The molecule has 1 aromatic heterocycles. The van der Waals surface area contributed by atoms with E-state index in [9.17, 15) is 41.7 Å². The van der Waals surface area contributed by atoms with E-state index in [4.69, 9.17) is 5.73 Å². The molecule has 2 heterocycles. The molecule has 5 nitrogen and oxygen atoms in total. The Labute approximate surface area is 202 Å². The van der Waals surface area contributed by atoms with Gasteiger partial charge in [0.05, 0.1) is 44.9 Å². The molecule has 2 N–H and O–H groups in total. The van der Waals surface area contributed by atoms with E-state index >= 15 is 0 Å². The van der Waals surface area contributed by atoms with Crippen LogP contribution in [0.3, 0.4) is 0 Å². The number of alkyl halides is 6. The molecule has 1 aliphatic rings. The molecule has 0 fully saturated rings. The van der Waals surface area contributed by atoms with Gasteiger partial charge in [-0.1, -0.05) is 30.3 Å². The number of hydrogen-bond acceptors (Lipinski definition) is 5. The Bertz CT molecular complexity index is 1680. The molecule has 1 aliphatic heterocycles. The second-order valence-corrected chi connectivity index (χ2v) is 8.70. The predicted molar refractivity (Wildman–Crippen MR) is 119 cm³/mol. The summed E-state index contributed by atoms with van der Waals surface area (Å²) in [7, 11) is 0. The Kier molecular flexibility index (Phi) is 6.02. The quantitative estimate of drug-likeness (QED) is 0.521. The molecule has 0 unspecified atom stereocenters. The number of aromatic nitrogens is 1. The van der Waals surface area contributed by atoms with Gasteiger partial charge in [0, 0.05) is 0 Å². The van der Waals surface area contributed by atoms with Crippen molar-refractivity contribution in [2.45, 2.75) is 18.3 Å². The number of nitrogens with zero attached hydrogens (tertiary/aromatic N) is 3. The minimum Gasteiger partial charge on any atom is -0.384 e. The van der Waals surface area contributed by atoms with E-state index in [0.29, 0.717) is 0 Å². The number of allylic oxidation sites excluding steroid dienone is 1. The van der Waals surface area contributed by atoms with Crippen LogP contribution in [0.15, 0.2) is 58.9 Å². The van der Waals surface area contributed by atoms with Gasteiger partial charge in [0.15, 0.2) is 0 Å². The van der Waals surface area contributed by atoms with Crippen molar-refractivity contribution in [3.63, 3.8) is 0 Å². The molecular weight excluding hydrogens is 506 g/mol. The number of rotatable bonds is 2. The summed E-state index contributed by atoms with van der Waals surface area (Å²) in [5.74, 6) is -1.65. The van der Waals surface area contributed by atoms with Gasteiger partial charge in [0.25, 0.3) is 5.56 Å². The van der Waals surface area contributed by atoms with Gasteiger partial charge in [0.1, 0.15) is 10.5 Å². The predicted octanol–water partition coefficient (Wildman–Crippen LogP) is 3.90. The van der Waals surface area contributed by atoms with Crippen LogP contribution in [0.1, 0.15) is 28.2 Å². The minimum atomic E-state index is -4.68. The molecule has 0 bridgehead atoms. The number of nitriles is 2. The first-order chi connectivity index (χ1) is 16.9. The summed E-state index contributed by atoms with van der Waals surface area (Å²) < 4.78 is 79.8. The maximum atomic E-state index is 13.3. The van der Waals surface area contributed by atoms with Crippen LogP contribution in [0.25, 0.3) is 17.5 Å². The minimum absolute atomic E-state index is 0.0281. The molecule has 0 saturated carbocycles. The summed E-state index contributed by atoms with van der Waals surface area (Å²) in [6, 6.07) is 11.9. The van der Waals surface area contributed by atoms with Gasteiger partial charge in [0.2, 0.25) is 0 Å². The third-order valence-electron chi connectivity index (χ3n) is 5.45. The molecule has 0 amide bonds. The summed E-state index contributed by atoms with van der Waals surface area (Å²) in [5, 5.41) is 19.6. The average Bonchev–Trinajstić information content (AvgIpc) is 3.14. The number of halogens is 6. The number of thiazole rings is 1. The first-order valence-electron chi connectivity index (χ1n) is 9.99. The van der Waals surface area contributed by atoms with E-state index in [-0.39, 0.29) is 37.3 Å². The van der Waals surface area contributed by atoms with Crippen molar-refractivity contribution in [3.05, 3.63) is 95.9 Å². The van der Waals surface area contributed by atoms with Crippen molar-refractivity contribution < 1.29 is 26.3 Å². The van der Waals surface area contributed by atoms with Crippen molar-refractivity contribution >= 4 is 28.8 Å². The molecule has 0 aliphatic carbocycles. The van der Waals surface area contributed by atoms with Gasteiger partial charge in [-0.25, -0.2) is 0 Å². The standard InChI is InChI=1S/C24H12F6N4OS/c25-23(26,27)14-5-1-3-12(7-14)8-18-21(35)34-20(33)16(10-31)19(17(11-32)22(34)36-18)13-4-2-6-15(9-13)24(28,29)30/h1-9,19H,33H2/b18-8+/t19-/m1/s1. The highest BCUT2D eigenvalue weighted by Crippen LogP contribution is 2.38. The fraction of sp³-hybridized carbons (Fsp3) is 0.125. The Balaban J connectivity index is 2.00. The number of nitrogens with two attached hydrogens (primary N) is 1. The van der Waals surface area contributed by atoms with E-state index in [1.54, 1.807) is 6.07 Å². The number of hydrogen-bond donors (Lipinski definition) is 1. The molecule has 12 heteroatoms. The monoisotopic (exact) mass is 518 g/mol. The highest BCUT2D eigenvalue weighted by atomic mass is 32.1. The Hall–Kier alpha value is -4.29. The second-order valence-electron chi connectivity index (χ2n) is 7.67. The van der Waals surface area contributed by atoms with Gasteiger partial charge in [-0.2, -0.15) is 36.9 Å². The third-order valence-corrected chi connectivity index (χ3v) is 6.56. The summed E-state index contributed by atoms with van der Waals surface area (Å²) in [6.07, 6.45) is -8.11. The fourth-order valence-electron chi connectivity index (χ4n) is 3.84. The SMILES string of the molecule is N#CC1=C(N)n2c(s/c(=C/c3cccc(C(F)(F)F)c3)c2=O)=C(C#N)[C@@H]1c1cccc(C(F)(F)F)c1. The first kappa shape index (κ1) is 24.8. The van der Waals surface area contributed by atoms with Gasteiger partial charge >= 0.3 is 12.4 Å². The summed E-state index contributed by atoms with van der Waals surface area (Å²) >= 11 is 0.736. The van der Waals surface area contributed by atoms with E-state index < -0.39 is 35.0 Å².